The topological polar surface area (TPSA) is 41.9 Å². The first-order chi connectivity index (χ1) is 13.9. The lowest BCUT2D eigenvalue weighted by molar-refractivity contribution is -0.0453. The highest BCUT2D eigenvalue weighted by Gasteiger charge is 2.64. The highest BCUT2D eigenvalue weighted by Crippen LogP contribution is 2.62. The highest BCUT2D eigenvalue weighted by atomic mass is 16.5. The molecular formula is C18H21NO3. The minimum Gasteiger partial charge on any atom is -0.493 e. The number of hydrogen-bond donors (Lipinski definition) is 1. The first-order valence-electron chi connectivity index (χ1n) is 11.4. The number of rotatable bonds is 2. The summed E-state index contributed by atoms with van der Waals surface area (Å²) in [6.07, 6.45) is 0.672. The Morgan fingerprint density at radius 3 is 3.41 bits per heavy atom. The van der Waals surface area contributed by atoms with Crippen LogP contribution in [-0.4, -0.2) is 50.3 Å². The van der Waals surface area contributed by atoms with E-state index >= 15 is 0 Å². The zero-order valence-corrected chi connectivity index (χ0v) is 12.1. The fraction of sp³-hybridized carbons (Fsp3) is 0.556. The lowest BCUT2D eigenvalue weighted by atomic mass is 9.53. The Kier molecular flexibility index (Phi) is 1.36. The van der Waals surface area contributed by atoms with Crippen molar-refractivity contribution in [2.24, 2.45) is 5.92 Å². The van der Waals surface area contributed by atoms with Gasteiger partial charge in [0.05, 0.1) is 13.9 Å². The van der Waals surface area contributed by atoms with Crippen LogP contribution in [-0.2, 0) is 11.8 Å². The number of likely N-dealkylation sites (N-methyl/N-ethyl adjacent to an activating group) is 1. The number of aliphatic hydroxyl groups is 1. The molecule has 4 nitrogen and oxygen atoms in total. The molecule has 0 amide bonds. The van der Waals surface area contributed by atoms with Gasteiger partial charge in [0.1, 0.15) is 12.2 Å². The third kappa shape index (κ3) is 1.28. The van der Waals surface area contributed by atoms with E-state index in [0.29, 0.717) is 18.5 Å². The van der Waals surface area contributed by atoms with Gasteiger partial charge < -0.3 is 19.5 Å². The van der Waals surface area contributed by atoms with E-state index in [9.17, 15) is 0 Å². The van der Waals surface area contributed by atoms with Crippen LogP contribution in [0.5, 0.6) is 11.5 Å². The molecule has 5 atom stereocenters. The van der Waals surface area contributed by atoms with E-state index in [-0.39, 0.29) is 23.0 Å². The molecule has 4 aliphatic rings. The summed E-state index contributed by atoms with van der Waals surface area (Å²) in [6.45, 7) is 0.559. The van der Waals surface area contributed by atoms with E-state index in [1.807, 2.05) is 18.0 Å². The van der Waals surface area contributed by atoms with E-state index in [1.165, 1.54) is 0 Å². The third-order valence-electron chi connectivity index (χ3n) is 5.69. The van der Waals surface area contributed by atoms with Crippen molar-refractivity contribution in [3.05, 3.63) is 35.4 Å². The van der Waals surface area contributed by atoms with Crippen LogP contribution in [0.4, 0.5) is 0 Å². The molecule has 1 aromatic carbocycles. The van der Waals surface area contributed by atoms with Crippen LogP contribution in [0.15, 0.2) is 24.2 Å². The summed E-state index contributed by atoms with van der Waals surface area (Å²) in [4.78, 5) is 1.93. The number of likely N-dealkylation sites (tertiary alicyclic amines) is 1. The van der Waals surface area contributed by atoms with Crippen molar-refractivity contribution in [2.75, 3.05) is 20.6 Å². The molecule has 4 heteroatoms. The van der Waals surface area contributed by atoms with Crippen molar-refractivity contribution in [1.82, 2.24) is 4.90 Å². The summed E-state index contributed by atoms with van der Waals surface area (Å²) in [5, 5.41) is 4.90. The van der Waals surface area contributed by atoms with Crippen LogP contribution in [0.25, 0.3) is 0 Å². The Balaban J connectivity index is 1.88. The Morgan fingerprint density at radius 2 is 2.55 bits per heavy atom. The molecule has 1 spiro atoms. The molecule has 2 aliphatic carbocycles. The highest BCUT2D eigenvalue weighted by molar-refractivity contribution is 5.62. The zero-order valence-electron chi connectivity index (χ0n) is 20.1. The number of benzene rings is 1. The van der Waals surface area contributed by atoms with Crippen LogP contribution >= 0.6 is 0 Å². The van der Waals surface area contributed by atoms with Gasteiger partial charge in [-0.05, 0) is 38.0 Å². The number of nitrogens with zero attached hydrogens (tertiary/aromatic N) is 1. The standard InChI is InChI=1S/C18H21NO3/c1-19-8-7-18-11-4-5-13(20)17(18)22-16-14(21-2)6-3-10(15(16)18)9-12(11)19/h3-6,11-13,17,20H,7-9H2,1-2H3/t11-,12+,13?,17?,18-/m0/s1/i2D3,3D,6D,9D2,20D. The van der Waals surface area contributed by atoms with Gasteiger partial charge >= 0.3 is 0 Å². The lowest BCUT2D eigenvalue weighted by Gasteiger charge is -2.56. The van der Waals surface area contributed by atoms with Crippen LogP contribution in [0.1, 0.15) is 27.1 Å². The van der Waals surface area contributed by atoms with Crippen molar-refractivity contribution in [1.29, 1.82) is 1.43 Å². The summed E-state index contributed by atoms with van der Waals surface area (Å²) in [7, 11) is -1.03. The Labute approximate surface area is 141 Å². The molecule has 22 heavy (non-hydrogen) atoms. The maximum Gasteiger partial charge on any atom is 0.211 e. The molecular weight excluding hydrogens is 278 g/mol. The van der Waals surface area contributed by atoms with Gasteiger partial charge in [-0.3, -0.25) is 0 Å². The number of ether oxygens (including phenoxy) is 2. The second kappa shape index (κ2) is 4.06. The largest absolute Gasteiger partial charge is 0.493 e. The minimum absolute atomic E-state index is 0.00486. The van der Waals surface area contributed by atoms with E-state index in [0.717, 1.165) is 0 Å². The third-order valence-corrected chi connectivity index (χ3v) is 5.69. The Bertz CT molecular complexity index is 964. The molecule has 0 aromatic heterocycles. The van der Waals surface area contributed by atoms with Gasteiger partial charge in [-0.25, -0.2) is 0 Å². The average molecular weight is 307 g/mol. The summed E-state index contributed by atoms with van der Waals surface area (Å²) in [5.74, 6) is -0.707. The van der Waals surface area contributed by atoms with Crippen molar-refractivity contribution in [3.8, 4) is 11.5 Å². The predicted octanol–water partition coefficient (Wildman–Crippen LogP) is 1.50. The fourth-order valence-electron chi connectivity index (χ4n) is 4.74. The van der Waals surface area contributed by atoms with Gasteiger partial charge in [-0.15, -0.1) is 0 Å². The van der Waals surface area contributed by atoms with Crippen molar-refractivity contribution >= 4 is 0 Å². The quantitative estimate of drug-likeness (QED) is 0.841. The van der Waals surface area contributed by atoms with Gasteiger partial charge in [-0.1, -0.05) is 18.2 Å². The summed E-state index contributed by atoms with van der Waals surface area (Å²) in [6, 6.07) is -1.51. The summed E-state index contributed by atoms with van der Waals surface area (Å²) < 4.78 is 76.1. The first-order valence-corrected chi connectivity index (χ1v) is 7.49. The molecule has 2 aliphatic heterocycles. The maximum atomic E-state index is 8.95. The van der Waals surface area contributed by atoms with E-state index in [1.54, 1.807) is 6.08 Å². The Morgan fingerprint density at radius 1 is 1.59 bits per heavy atom. The molecule has 5 rings (SSSR count). The number of methoxy groups -OCH3 is 1. The van der Waals surface area contributed by atoms with E-state index in [2.05, 4.69) is 0 Å². The predicted molar refractivity (Wildman–Crippen MR) is 82.5 cm³/mol. The van der Waals surface area contributed by atoms with Gasteiger partial charge in [-0.2, -0.15) is 0 Å². The molecule has 2 bridgehead atoms. The van der Waals surface area contributed by atoms with Crippen LogP contribution in [0.2, 0.25) is 0 Å². The molecule has 2 unspecified atom stereocenters. The first kappa shape index (κ1) is 7.37. The molecule has 1 fully saturated rings. The number of aliphatic hydroxyl groups excluding tert-OH is 1. The SMILES string of the molecule is [2H]OC1C=C[C@H]2[C@@H]3N(C)CC[C@@]24c2c(c(OC([2H])([2H])[2H])c([2H])c([2H])c2C3([2H])[2H])OC14. The average Bonchev–Trinajstić information content (AvgIpc) is 2.98. The van der Waals surface area contributed by atoms with Crippen molar-refractivity contribution in [2.45, 2.75) is 36.5 Å². The second-order valence-corrected chi connectivity index (χ2v) is 6.53. The van der Waals surface area contributed by atoms with E-state index in [4.69, 9.17) is 25.6 Å². The van der Waals surface area contributed by atoms with Gasteiger partial charge in [0.25, 0.3) is 0 Å². The molecule has 0 radical (unpaired) electrons. The van der Waals surface area contributed by atoms with Crippen LogP contribution in [0.3, 0.4) is 0 Å². The van der Waals surface area contributed by atoms with Gasteiger partial charge in [0.2, 0.25) is 1.43 Å². The lowest BCUT2D eigenvalue weighted by Crippen LogP contribution is -2.64. The molecule has 1 N–H and O–H groups in total. The second-order valence-electron chi connectivity index (χ2n) is 6.53. The summed E-state index contributed by atoms with van der Waals surface area (Å²) >= 11 is 0. The molecule has 0 saturated carbocycles. The minimum atomic E-state index is -2.87. The number of hydrogen-bond acceptors (Lipinski definition) is 4. The van der Waals surface area contributed by atoms with Gasteiger partial charge in [0.15, 0.2) is 11.5 Å². The summed E-state index contributed by atoms with van der Waals surface area (Å²) in [5.41, 5.74) is -0.335. The fourth-order valence-corrected chi connectivity index (χ4v) is 4.74. The maximum absolute atomic E-state index is 8.95. The Hall–Kier alpha value is -1.52. The molecule has 1 saturated heterocycles. The molecule has 116 valence electrons. The van der Waals surface area contributed by atoms with Gasteiger partial charge in [0, 0.05) is 25.7 Å². The van der Waals surface area contributed by atoms with Crippen molar-refractivity contribution in [3.63, 3.8) is 0 Å². The van der Waals surface area contributed by atoms with Crippen LogP contribution < -0.4 is 9.47 Å². The van der Waals surface area contributed by atoms with Crippen molar-refractivity contribution < 1.29 is 24.2 Å². The monoisotopic (exact) mass is 307 g/mol. The van der Waals surface area contributed by atoms with E-state index < -0.39 is 49.2 Å². The zero-order chi connectivity index (χ0) is 21.8. The molecule has 2 heterocycles. The van der Waals surface area contributed by atoms with Crippen LogP contribution in [0, 0.1) is 5.92 Å². The molecule has 1 aromatic rings. The normalized spacial score (nSPS) is 49.1. The number of piperidine rings is 1. The smallest absolute Gasteiger partial charge is 0.211 e.